The van der Waals surface area contributed by atoms with Crippen LogP contribution in [-0.2, 0) is 4.79 Å². The van der Waals surface area contributed by atoms with Gasteiger partial charge in [0.05, 0.1) is 12.6 Å². The van der Waals surface area contributed by atoms with Gasteiger partial charge >= 0.3 is 5.97 Å². The van der Waals surface area contributed by atoms with Gasteiger partial charge in [0.2, 0.25) is 0 Å². The molecule has 0 aliphatic heterocycles. The molecule has 4 N–H and O–H groups in total. The summed E-state index contributed by atoms with van der Waals surface area (Å²) in [5, 5.41) is 10.8. The summed E-state index contributed by atoms with van der Waals surface area (Å²) in [6.07, 6.45) is 1.75. The van der Waals surface area contributed by atoms with Gasteiger partial charge in [-0.25, -0.2) is 0 Å². The third-order valence-corrected chi connectivity index (χ3v) is 1.65. The van der Waals surface area contributed by atoms with Crippen LogP contribution >= 0.6 is 0 Å². The van der Waals surface area contributed by atoms with Crippen LogP contribution in [0.2, 0.25) is 0 Å². The monoisotopic (exact) mass is 209 g/mol. The van der Waals surface area contributed by atoms with E-state index in [1.54, 1.807) is 0 Å². The predicted octanol–water partition coefficient (Wildman–Crippen LogP) is -0.429. The normalized spacial score (nSPS) is 11.8. The van der Waals surface area contributed by atoms with E-state index in [2.05, 4.69) is 10.3 Å². The molecule has 0 saturated heterocycles. The maximum absolute atomic E-state index is 11.4. The minimum Gasteiger partial charge on any atom is -0.481 e. The van der Waals surface area contributed by atoms with Crippen molar-refractivity contribution in [3.05, 3.63) is 30.1 Å². The zero-order valence-corrected chi connectivity index (χ0v) is 7.88. The lowest BCUT2D eigenvalue weighted by molar-refractivity contribution is -0.137. The van der Waals surface area contributed by atoms with Crippen LogP contribution in [-0.4, -0.2) is 28.1 Å². The van der Waals surface area contributed by atoms with Crippen molar-refractivity contribution in [3.8, 4) is 0 Å². The number of hydrogen-bond donors (Lipinski definition) is 3. The van der Waals surface area contributed by atoms with Gasteiger partial charge in [0.1, 0.15) is 0 Å². The summed E-state index contributed by atoms with van der Waals surface area (Å²) in [5.74, 6) is -1.47. The van der Waals surface area contributed by atoms with Crippen LogP contribution in [0.1, 0.15) is 16.8 Å². The molecule has 1 aromatic rings. The zero-order chi connectivity index (χ0) is 11.3. The molecule has 0 aliphatic carbocycles. The van der Waals surface area contributed by atoms with Gasteiger partial charge in [-0.2, -0.15) is 0 Å². The summed E-state index contributed by atoms with van der Waals surface area (Å²) >= 11 is 0. The molecule has 1 amide bonds. The first kappa shape index (κ1) is 11.1. The Morgan fingerprint density at radius 2 is 2.07 bits per heavy atom. The Morgan fingerprint density at radius 1 is 1.47 bits per heavy atom. The van der Waals surface area contributed by atoms with Crippen molar-refractivity contribution < 1.29 is 14.7 Å². The second-order valence-corrected chi connectivity index (χ2v) is 2.91. The predicted molar refractivity (Wildman–Crippen MR) is 51.9 cm³/mol. The number of rotatable bonds is 4. The van der Waals surface area contributed by atoms with E-state index in [1.165, 1.54) is 24.5 Å². The molecule has 1 heterocycles. The number of nitrogens with two attached hydrogens (primary N) is 1. The molecule has 0 saturated carbocycles. The van der Waals surface area contributed by atoms with Crippen LogP contribution in [0.5, 0.6) is 0 Å². The van der Waals surface area contributed by atoms with Crippen LogP contribution in [0.4, 0.5) is 0 Å². The highest BCUT2D eigenvalue weighted by atomic mass is 16.4. The van der Waals surface area contributed by atoms with Crippen molar-refractivity contribution in [2.45, 2.75) is 12.6 Å². The van der Waals surface area contributed by atoms with Crippen LogP contribution in [0.3, 0.4) is 0 Å². The Bertz CT molecular complexity index is 353. The lowest BCUT2D eigenvalue weighted by atomic mass is 10.2. The molecule has 1 atom stereocenters. The average molecular weight is 209 g/mol. The number of aromatic nitrogens is 1. The first-order chi connectivity index (χ1) is 7.09. The first-order valence-electron chi connectivity index (χ1n) is 4.28. The minimum atomic E-state index is -1.06. The maximum Gasteiger partial charge on any atom is 0.306 e. The molecule has 1 aromatic heterocycles. The molecule has 6 heteroatoms. The lowest BCUT2D eigenvalue weighted by Crippen LogP contribution is -2.42. The second kappa shape index (κ2) is 5.06. The Morgan fingerprint density at radius 3 is 2.60 bits per heavy atom. The van der Waals surface area contributed by atoms with E-state index in [0.29, 0.717) is 5.56 Å². The molecule has 0 aromatic carbocycles. The van der Waals surface area contributed by atoms with E-state index >= 15 is 0 Å². The van der Waals surface area contributed by atoms with Crippen LogP contribution in [0.25, 0.3) is 0 Å². The van der Waals surface area contributed by atoms with Crippen molar-refractivity contribution in [2.75, 3.05) is 0 Å². The maximum atomic E-state index is 11.4. The number of nitrogens with zero attached hydrogens (tertiary/aromatic N) is 1. The molecular formula is C9H11N3O3. The first-order valence-corrected chi connectivity index (χ1v) is 4.28. The molecular weight excluding hydrogens is 198 g/mol. The quantitative estimate of drug-likeness (QED) is 0.583. The van der Waals surface area contributed by atoms with E-state index in [4.69, 9.17) is 10.8 Å². The summed E-state index contributed by atoms with van der Waals surface area (Å²) in [4.78, 5) is 25.5. The van der Waals surface area contributed by atoms with Gasteiger partial charge < -0.3 is 16.2 Å². The average Bonchev–Trinajstić information content (AvgIpc) is 2.17. The van der Waals surface area contributed by atoms with Crippen molar-refractivity contribution in [1.29, 1.82) is 0 Å². The second-order valence-electron chi connectivity index (χ2n) is 2.91. The number of amides is 1. The van der Waals surface area contributed by atoms with E-state index < -0.39 is 18.0 Å². The number of hydrogen-bond acceptors (Lipinski definition) is 4. The van der Waals surface area contributed by atoms with Crippen molar-refractivity contribution in [1.82, 2.24) is 10.3 Å². The summed E-state index contributed by atoms with van der Waals surface area (Å²) in [6.45, 7) is 0. The highest BCUT2D eigenvalue weighted by molar-refractivity contribution is 5.94. The number of aliphatic carboxylic acids is 1. The zero-order valence-electron chi connectivity index (χ0n) is 7.88. The summed E-state index contributed by atoms with van der Waals surface area (Å²) in [7, 11) is 0. The van der Waals surface area contributed by atoms with Gasteiger partial charge in [-0.3, -0.25) is 14.6 Å². The van der Waals surface area contributed by atoms with E-state index in [-0.39, 0.29) is 6.42 Å². The molecule has 0 aliphatic rings. The lowest BCUT2D eigenvalue weighted by Gasteiger charge is -2.11. The van der Waals surface area contributed by atoms with Crippen molar-refractivity contribution in [3.63, 3.8) is 0 Å². The van der Waals surface area contributed by atoms with Crippen LogP contribution < -0.4 is 11.1 Å². The SMILES string of the molecule is NC(CC(=O)O)NC(=O)c1ccncc1. The fourth-order valence-electron chi connectivity index (χ4n) is 0.994. The largest absolute Gasteiger partial charge is 0.481 e. The molecule has 0 radical (unpaired) electrons. The summed E-state index contributed by atoms with van der Waals surface area (Å²) < 4.78 is 0. The fraction of sp³-hybridized carbons (Fsp3) is 0.222. The highest BCUT2D eigenvalue weighted by Gasteiger charge is 2.12. The molecule has 1 unspecified atom stereocenters. The third-order valence-electron chi connectivity index (χ3n) is 1.65. The van der Waals surface area contributed by atoms with Gasteiger partial charge in [0.15, 0.2) is 0 Å². The van der Waals surface area contributed by atoms with Crippen LogP contribution in [0, 0.1) is 0 Å². The number of carboxylic acid groups (broad SMARTS) is 1. The standard InChI is InChI=1S/C9H11N3O3/c10-7(5-8(13)14)12-9(15)6-1-3-11-4-2-6/h1-4,7H,5,10H2,(H,12,15)(H,13,14). The van der Waals surface area contributed by atoms with Gasteiger partial charge in [0, 0.05) is 18.0 Å². The Labute approximate surface area is 86.1 Å². The number of carbonyl (C=O) groups is 2. The van der Waals surface area contributed by atoms with Gasteiger partial charge in [-0.1, -0.05) is 0 Å². The molecule has 80 valence electrons. The number of carbonyl (C=O) groups excluding carboxylic acids is 1. The molecule has 0 spiro atoms. The topological polar surface area (TPSA) is 105 Å². The van der Waals surface area contributed by atoms with Crippen molar-refractivity contribution in [2.24, 2.45) is 5.73 Å². The molecule has 1 rings (SSSR count). The molecule has 0 fully saturated rings. The van der Waals surface area contributed by atoms with Gasteiger partial charge in [-0.05, 0) is 12.1 Å². The Balaban J connectivity index is 2.53. The van der Waals surface area contributed by atoms with Gasteiger partial charge in [0.25, 0.3) is 5.91 Å². The molecule has 0 bridgehead atoms. The van der Waals surface area contributed by atoms with Crippen LogP contribution in [0.15, 0.2) is 24.5 Å². The van der Waals surface area contributed by atoms with E-state index in [0.717, 1.165) is 0 Å². The highest BCUT2D eigenvalue weighted by Crippen LogP contribution is 1.96. The number of carboxylic acids is 1. The number of pyridine rings is 1. The van der Waals surface area contributed by atoms with E-state index in [1.807, 2.05) is 0 Å². The summed E-state index contributed by atoms with van der Waals surface area (Å²) in [6, 6.07) is 3.03. The van der Waals surface area contributed by atoms with Gasteiger partial charge in [-0.15, -0.1) is 0 Å². The smallest absolute Gasteiger partial charge is 0.306 e. The molecule has 15 heavy (non-hydrogen) atoms. The summed E-state index contributed by atoms with van der Waals surface area (Å²) in [5.41, 5.74) is 5.78. The Hall–Kier alpha value is -1.95. The molecule has 6 nitrogen and oxygen atoms in total. The minimum absolute atomic E-state index is 0.309. The number of nitrogens with one attached hydrogen (secondary N) is 1. The van der Waals surface area contributed by atoms with Crippen molar-refractivity contribution >= 4 is 11.9 Å². The third kappa shape index (κ3) is 3.74. The Kier molecular flexibility index (Phi) is 3.75. The van der Waals surface area contributed by atoms with E-state index in [9.17, 15) is 9.59 Å². The fourth-order valence-corrected chi connectivity index (χ4v) is 0.994.